The first kappa shape index (κ1) is 15.4. The molecule has 0 aliphatic heterocycles. The molecule has 0 saturated heterocycles. The fourth-order valence-corrected chi connectivity index (χ4v) is 2.22. The van der Waals surface area contributed by atoms with Crippen LogP contribution >= 0.6 is 0 Å². The van der Waals surface area contributed by atoms with Gasteiger partial charge in [0.05, 0.1) is 19.3 Å². The van der Waals surface area contributed by atoms with Crippen LogP contribution in [0.1, 0.15) is 47.0 Å². The molecule has 0 aromatic carbocycles. The third-order valence-corrected chi connectivity index (χ3v) is 3.37. The molecular formula is C14H27NO3. The summed E-state index contributed by atoms with van der Waals surface area (Å²) in [6.07, 6.45) is 3.10. The van der Waals surface area contributed by atoms with E-state index < -0.39 is 5.54 Å². The third kappa shape index (κ3) is 4.25. The first-order chi connectivity index (χ1) is 8.40. The van der Waals surface area contributed by atoms with Gasteiger partial charge in [0.2, 0.25) is 0 Å². The highest BCUT2D eigenvalue weighted by Gasteiger charge is 2.49. The van der Waals surface area contributed by atoms with Crippen molar-refractivity contribution in [2.24, 2.45) is 17.6 Å². The minimum atomic E-state index is -0.943. The van der Waals surface area contributed by atoms with E-state index in [0.29, 0.717) is 12.5 Å². The van der Waals surface area contributed by atoms with Crippen molar-refractivity contribution in [1.29, 1.82) is 0 Å². The van der Waals surface area contributed by atoms with Crippen LogP contribution in [0, 0.1) is 11.8 Å². The zero-order valence-corrected chi connectivity index (χ0v) is 12.1. The summed E-state index contributed by atoms with van der Waals surface area (Å²) in [5.41, 5.74) is 5.27. The monoisotopic (exact) mass is 257 g/mol. The maximum absolute atomic E-state index is 12.0. The Hall–Kier alpha value is -0.610. The van der Waals surface area contributed by atoms with Crippen LogP contribution in [-0.4, -0.2) is 30.8 Å². The van der Waals surface area contributed by atoms with Crippen molar-refractivity contribution in [1.82, 2.24) is 0 Å². The number of carbonyl (C=O) groups excluding carboxylic acids is 1. The minimum absolute atomic E-state index is 0.126. The maximum atomic E-state index is 12.0. The van der Waals surface area contributed by atoms with E-state index in [2.05, 4.69) is 13.8 Å². The highest BCUT2D eigenvalue weighted by molar-refractivity contribution is 5.81. The van der Waals surface area contributed by atoms with Gasteiger partial charge in [-0.3, -0.25) is 0 Å². The van der Waals surface area contributed by atoms with Crippen molar-refractivity contribution in [2.45, 2.75) is 58.6 Å². The molecule has 0 heterocycles. The zero-order chi connectivity index (χ0) is 13.8. The molecule has 1 aliphatic rings. The minimum Gasteiger partial charge on any atom is -0.465 e. The molecule has 2 atom stereocenters. The molecule has 4 heteroatoms. The van der Waals surface area contributed by atoms with Crippen LogP contribution in [0.3, 0.4) is 0 Å². The summed E-state index contributed by atoms with van der Waals surface area (Å²) in [7, 11) is 0. The molecule has 18 heavy (non-hydrogen) atoms. The Morgan fingerprint density at radius 2 is 2.00 bits per heavy atom. The predicted molar refractivity (Wildman–Crippen MR) is 71.1 cm³/mol. The second-order valence-electron chi connectivity index (χ2n) is 5.79. The van der Waals surface area contributed by atoms with E-state index in [9.17, 15) is 4.79 Å². The zero-order valence-electron chi connectivity index (χ0n) is 12.1. The SMILES string of the molecule is CCOC(=O)C(N)(COC(C)CC(C)C)C1CC1. The van der Waals surface area contributed by atoms with E-state index in [0.717, 1.165) is 19.3 Å². The quantitative estimate of drug-likeness (QED) is 0.676. The van der Waals surface area contributed by atoms with Crippen molar-refractivity contribution in [3.05, 3.63) is 0 Å². The van der Waals surface area contributed by atoms with Gasteiger partial charge in [-0.1, -0.05) is 13.8 Å². The van der Waals surface area contributed by atoms with E-state index in [1.165, 1.54) is 0 Å². The maximum Gasteiger partial charge on any atom is 0.328 e. The Balaban J connectivity index is 2.50. The molecule has 0 spiro atoms. The Bertz CT molecular complexity index is 276. The van der Waals surface area contributed by atoms with Gasteiger partial charge in [0.15, 0.2) is 0 Å². The molecule has 2 unspecified atom stereocenters. The summed E-state index contributed by atoms with van der Waals surface area (Å²) >= 11 is 0. The van der Waals surface area contributed by atoms with Crippen LogP contribution < -0.4 is 5.73 Å². The van der Waals surface area contributed by atoms with Gasteiger partial charge in [0.1, 0.15) is 5.54 Å². The van der Waals surface area contributed by atoms with E-state index >= 15 is 0 Å². The van der Waals surface area contributed by atoms with E-state index in [-0.39, 0.29) is 24.6 Å². The van der Waals surface area contributed by atoms with Gasteiger partial charge in [0, 0.05) is 0 Å². The first-order valence-electron chi connectivity index (χ1n) is 6.97. The molecule has 1 aliphatic carbocycles. The summed E-state index contributed by atoms with van der Waals surface area (Å²) in [5, 5.41) is 0. The fraction of sp³-hybridized carbons (Fsp3) is 0.929. The lowest BCUT2D eigenvalue weighted by atomic mass is 9.95. The van der Waals surface area contributed by atoms with E-state index in [1.54, 1.807) is 6.92 Å². The van der Waals surface area contributed by atoms with Gasteiger partial charge in [0.25, 0.3) is 0 Å². The van der Waals surface area contributed by atoms with Crippen molar-refractivity contribution in [3.63, 3.8) is 0 Å². The third-order valence-electron chi connectivity index (χ3n) is 3.37. The van der Waals surface area contributed by atoms with Crippen molar-refractivity contribution >= 4 is 5.97 Å². The number of hydrogen-bond donors (Lipinski definition) is 1. The number of rotatable bonds is 8. The average molecular weight is 257 g/mol. The summed E-state index contributed by atoms with van der Waals surface area (Å²) in [6.45, 7) is 8.77. The molecule has 0 bridgehead atoms. The smallest absolute Gasteiger partial charge is 0.328 e. The van der Waals surface area contributed by atoms with Crippen LogP contribution in [-0.2, 0) is 14.3 Å². The number of hydrogen-bond acceptors (Lipinski definition) is 4. The highest BCUT2D eigenvalue weighted by atomic mass is 16.5. The van der Waals surface area contributed by atoms with Crippen molar-refractivity contribution < 1.29 is 14.3 Å². The first-order valence-corrected chi connectivity index (χ1v) is 6.97. The Morgan fingerprint density at radius 3 is 2.44 bits per heavy atom. The van der Waals surface area contributed by atoms with Gasteiger partial charge in [-0.05, 0) is 44.9 Å². The molecule has 0 aromatic rings. The van der Waals surface area contributed by atoms with Crippen LogP contribution in [0.4, 0.5) is 0 Å². The molecule has 0 radical (unpaired) electrons. The second-order valence-corrected chi connectivity index (χ2v) is 5.79. The molecule has 0 amide bonds. The molecular weight excluding hydrogens is 230 g/mol. The van der Waals surface area contributed by atoms with Gasteiger partial charge >= 0.3 is 5.97 Å². The molecule has 1 saturated carbocycles. The number of nitrogens with two attached hydrogens (primary N) is 1. The largest absolute Gasteiger partial charge is 0.465 e. The van der Waals surface area contributed by atoms with Gasteiger partial charge in [-0.25, -0.2) is 4.79 Å². The average Bonchev–Trinajstić information content (AvgIpc) is 3.09. The molecule has 1 fully saturated rings. The van der Waals surface area contributed by atoms with E-state index in [1.807, 2.05) is 6.92 Å². The highest BCUT2D eigenvalue weighted by Crippen LogP contribution is 2.39. The molecule has 1 rings (SSSR count). The topological polar surface area (TPSA) is 61.5 Å². The lowest BCUT2D eigenvalue weighted by Gasteiger charge is -2.28. The summed E-state index contributed by atoms with van der Waals surface area (Å²) < 4.78 is 10.8. The standard InChI is InChI=1S/C14H27NO3/c1-5-17-13(16)14(15,12-6-7-12)9-18-11(4)8-10(2)3/h10-12H,5-9,15H2,1-4H3. The summed E-state index contributed by atoms with van der Waals surface area (Å²) in [4.78, 5) is 12.0. The molecule has 2 N–H and O–H groups in total. The van der Waals surface area contributed by atoms with Crippen LogP contribution in [0.2, 0.25) is 0 Å². The van der Waals surface area contributed by atoms with Gasteiger partial charge in [-0.2, -0.15) is 0 Å². The second kappa shape index (κ2) is 6.53. The molecule has 106 valence electrons. The lowest BCUT2D eigenvalue weighted by molar-refractivity contribution is -0.154. The summed E-state index contributed by atoms with van der Waals surface area (Å²) in [5.74, 6) is 0.489. The molecule has 0 aromatic heterocycles. The Kier molecular flexibility index (Phi) is 5.60. The number of esters is 1. The lowest BCUT2D eigenvalue weighted by Crippen LogP contribution is -2.55. The fourth-order valence-electron chi connectivity index (χ4n) is 2.22. The van der Waals surface area contributed by atoms with Gasteiger partial charge in [-0.15, -0.1) is 0 Å². The van der Waals surface area contributed by atoms with Crippen LogP contribution in [0.15, 0.2) is 0 Å². The van der Waals surface area contributed by atoms with E-state index in [4.69, 9.17) is 15.2 Å². The normalized spacial score (nSPS) is 20.6. The predicted octanol–water partition coefficient (Wildman–Crippen LogP) is 2.11. The Labute approximate surface area is 110 Å². The molecule has 4 nitrogen and oxygen atoms in total. The number of carbonyl (C=O) groups is 1. The van der Waals surface area contributed by atoms with Gasteiger partial charge < -0.3 is 15.2 Å². The van der Waals surface area contributed by atoms with Crippen molar-refractivity contribution in [2.75, 3.05) is 13.2 Å². The number of ether oxygens (including phenoxy) is 2. The van der Waals surface area contributed by atoms with Crippen LogP contribution in [0.25, 0.3) is 0 Å². The Morgan fingerprint density at radius 1 is 1.39 bits per heavy atom. The van der Waals surface area contributed by atoms with Crippen LogP contribution in [0.5, 0.6) is 0 Å². The van der Waals surface area contributed by atoms with Crippen molar-refractivity contribution in [3.8, 4) is 0 Å². The summed E-state index contributed by atoms with van der Waals surface area (Å²) in [6, 6.07) is 0.